The van der Waals surface area contributed by atoms with Gasteiger partial charge in [-0.05, 0) is 102 Å². The number of nitriles is 2. The molecule has 45 heavy (non-hydrogen) atoms. The zero-order chi connectivity index (χ0) is 31.9. The summed E-state index contributed by atoms with van der Waals surface area (Å²) >= 11 is 6.89. The summed E-state index contributed by atoms with van der Waals surface area (Å²) in [6.07, 6.45) is 10.8. The molecule has 4 atom stereocenters. The molecule has 0 radical (unpaired) electrons. The summed E-state index contributed by atoms with van der Waals surface area (Å²) in [6.45, 7) is 8.58. The summed E-state index contributed by atoms with van der Waals surface area (Å²) in [5.74, 6) is 1.05. The van der Waals surface area contributed by atoms with Gasteiger partial charge in [-0.1, -0.05) is 11.6 Å². The van der Waals surface area contributed by atoms with E-state index in [0.717, 1.165) is 63.6 Å². The summed E-state index contributed by atoms with van der Waals surface area (Å²) in [7, 11) is 0. The van der Waals surface area contributed by atoms with Gasteiger partial charge >= 0.3 is 0 Å². The van der Waals surface area contributed by atoms with E-state index in [-0.39, 0.29) is 39.9 Å². The quantitative estimate of drug-likeness (QED) is 0.276. The van der Waals surface area contributed by atoms with E-state index in [1.807, 2.05) is 6.07 Å². The Morgan fingerprint density at radius 2 is 1.84 bits per heavy atom. The number of anilines is 3. The molecule has 1 aliphatic heterocycles. The van der Waals surface area contributed by atoms with Crippen molar-refractivity contribution in [3.8, 4) is 12.1 Å². The van der Waals surface area contributed by atoms with E-state index >= 15 is 0 Å². The first-order valence-corrected chi connectivity index (χ1v) is 17.7. The predicted molar refractivity (Wildman–Crippen MR) is 179 cm³/mol. The van der Waals surface area contributed by atoms with E-state index < -0.39 is 0 Å². The molecule has 2 aliphatic carbocycles. The first-order valence-electron chi connectivity index (χ1n) is 15.8. The predicted octanol–water partition coefficient (Wildman–Crippen LogP) is 5.24. The minimum absolute atomic E-state index is 0.0809. The Bertz CT molecular complexity index is 1630. The number of nitrogens with one attached hydrogen (secondary N) is 2. The highest BCUT2D eigenvalue weighted by molar-refractivity contribution is 7.93. The summed E-state index contributed by atoms with van der Waals surface area (Å²) in [6, 6.07) is 8.95. The number of aromatic nitrogens is 4. The van der Waals surface area contributed by atoms with E-state index in [9.17, 15) is 10.5 Å². The summed E-state index contributed by atoms with van der Waals surface area (Å²) < 4.78 is 8.11. The largest absolute Gasteiger partial charge is 0.364 e. The van der Waals surface area contributed by atoms with Crippen molar-refractivity contribution in [3.05, 3.63) is 40.2 Å². The fourth-order valence-electron chi connectivity index (χ4n) is 6.23. The standard InChI is InChI=1S/C32H42ClN10OS/c1-32(2,3)45(4)44-27-15-22(7-8-25(27)36)42-11-9-20(10-12-42)24-13-19(16-34)14-26(28(24)33)39-31-40-29(38-21-5-6-21)30-37-18-23(17-35)43(30)41-31/h13-14,18,20-22,25,27H,5-12,15,36H2,1-4H3,(H2,38,39,40,41)/q+1/t22?,25-,27-,45?/m1/s1. The van der Waals surface area contributed by atoms with Crippen LogP contribution in [0.25, 0.3) is 5.65 Å². The SMILES string of the molecule is C[S+](O[C@@H]1CC(N2CCC(c3cc(C#N)cc(Nc4nc(NC5CC5)c5ncc(C#N)n5n4)c3Cl)CC2)CC[C@H]1N)C(C)(C)C. The van der Waals surface area contributed by atoms with Crippen LogP contribution in [0.5, 0.6) is 0 Å². The number of nitrogens with two attached hydrogens (primary N) is 1. The van der Waals surface area contributed by atoms with Gasteiger partial charge in [0.2, 0.25) is 5.95 Å². The molecule has 3 aromatic rings. The number of imidazole rings is 1. The zero-order valence-electron chi connectivity index (χ0n) is 26.4. The lowest BCUT2D eigenvalue weighted by atomic mass is 9.84. The van der Waals surface area contributed by atoms with Crippen molar-refractivity contribution in [1.82, 2.24) is 24.5 Å². The van der Waals surface area contributed by atoms with Crippen molar-refractivity contribution in [1.29, 1.82) is 10.5 Å². The molecule has 1 saturated heterocycles. The molecular formula is C32H42ClN10OS+. The van der Waals surface area contributed by atoms with Gasteiger partial charge in [-0.25, -0.2) is 4.98 Å². The van der Waals surface area contributed by atoms with Gasteiger partial charge in [0.1, 0.15) is 29.6 Å². The molecule has 0 amide bonds. The average molecular weight is 650 g/mol. The first-order chi connectivity index (χ1) is 21.5. The second kappa shape index (κ2) is 12.9. The van der Waals surface area contributed by atoms with Gasteiger partial charge in [-0.2, -0.15) is 24.2 Å². The lowest BCUT2D eigenvalue weighted by Crippen LogP contribution is -2.52. The van der Waals surface area contributed by atoms with Crippen LogP contribution in [-0.4, -0.2) is 72.8 Å². The monoisotopic (exact) mass is 649 g/mol. The van der Waals surface area contributed by atoms with Crippen LogP contribution < -0.4 is 16.4 Å². The Morgan fingerprint density at radius 1 is 1.09 bits per heavy atom. The molecule has 0 bridgehead atoms. The van der Waals surface area contributed by atoms with Gasteiger partial charge in [0.05, 0.1) is 28.5 Å². The third kappa shape index (κ3) is 7.01. The van der Waals surface area contributed by atoms with Crippen molar-refractivity contribution in [2.45, 2.75) is 101 Å². The zero-order valence-corrected chi connectivity index (χ0v) is 28.0. The van der Waals surface area contributed by atoms with Crippen LogP contribution in [0.2, 0.25) is 5.02 Å². The third-order valence-electron chi connectivity index (χ3n) is 9.30. The molecule has 0 spiro atoms. The number of nitrogens with zero attached hydrogens (tertiary/aromatic N) is 7. The van der Waals surface area contributed by atoms with Crippen LogP contribution >= 0.6 is 11.6 Å². The Labute approximate surface area is 273 Å². The summed E-state index contributed by atoms with van der Waals surface area (Å²) in [4.78, 5) is 11.6. The summed E-state index contributed by atoms with van der Waals surface area (Å²) in [5.41, 5.74) is 9.38. The number of piperidine rings is 1. The fourth-order valence-corrected chi connectivity index (χ4v) is 7.42. The minimum atomic E-state index is -0.164. The minimum Gasteiger partial charge on any atom is -0.364 e. The topological polar surface area (TPSA) is 153 Å². The highest BCUT2D eigenvalue weighted by Gasteiger charge is 2.41. The number of likely N-dealkylation sites (tertiary alicyclic amines) is 1. The Balaban J connectivity index is 1.17. The molecule has 3 aliphatic rings. The maximum absolute atomic E-state index is 9.90. The van der Waals surface area contributed by atoms with E-state index in [1.165, 1.54) is 10.7 Å². The number of hydrogen-bond donors (Lipinski definition) is 3. The second-order valence-corrected chi connectivity index (χ2v) is 16.2. The van der Waals surface area contributed by atoms with Gasteiger partial charge in [-0.15, -0.1) is 5.10 Å². The molecule has 4 N–H and O–H groups in total. The van der Waals surface area contributed by atoms with Gasteiger partial charge in [-0.3, -0.25) is 0 Å². The molecule has 11 nitrogen and oxygen atoms in total. The molecule has 1 aromatic carbocycles. The maximum atomic E-state index is 9.90. The number of rotatable bonds is 8. The highest BCUT2D eigenvalue weighted by Crippen LogP contribution is 2.40. The van der Waals surface area contributed by atoms with Crippen LogP contribution in [-0.2, 0) is 15.4 Å². The second-order valence-electron chi connectivity index (χ2n) is 13.5. The Morgan fingerprint density at radius 3 is 2.51 bits per heavy atom. The molecule has 2 unspecified atom stereocenters. The number of halogens is 1. The summed E-state index contributed by atoms with van der Waals surface area (Å²) in [5, 5.41) is 31.2. The molecule has 3 heterocycles. The molecule has 13 heteroatoms. The maximum Gasteiger partial charge on any atom is 0.247 e. The van der Waals surface area contributed by atoms with Crippen LogP contribution in [0.1, 0.15) is 88.5 Å². The van der Waals surface area contributed by atoms with E-state index in [2.05, 4.69) is 69.8 Å². The molecule has 2 saturated carbocycles. The lowest BCUT2D eigenvalue weighted by Gasteiger charge is -2.42. The van der Waals surface area contributed by atoms with Crippen LogP contribution in [0.4, 0.5) is 17.5 Å². The average Bonchev–Trinajstić information content (AvgIpc) is 3.74. The van der Waals surface area contributed by atoms with Gasteiger partial charge in [0.25, 0.3) is 0 Å². The molecular weight excluding hydrogens is 608 g/mol. The van der Waals surface area contributed by atoms with Crippen molar-refractivity contribution in [2.24, 2.45) is 5.73 Å². The Kier molecular flexibility index (Phi) is 9.15. The van der Waals surface area contributed by atoms with Crippen LogP contribution in [0.3, 0.4) is 0 Å². The molecule has 2 aromatic heterocycles. The van der Waals surface area contributed by atoms with Gasteiger partial charge in [0, 0.05) is 18.1 Å². The van der Waals surface area contributed by atoms with Crippen molar-refractivity contribution >= 4 is 45.9 Å². The van der Waals surface area contributed by atoms with E-state index in [0.29, 0.717) is 45.5 Å². The number of hydrogen-bond acceptors (Lipinski definition) is 10. The highest BCUT2D eigenvalue weighted by atomic mass is 35.5. The number of benzene rings is 1. The first kappa shape index (κ1) is 31.8. The van der Waals surface area contributed by atoms with Crippen molar-refractivity contribution < 1.29 is 4.18 Å². The lowest BCUT2D eigenvalue weighted by molar-refractivity contribution is 0.0572. The Hall–Kier alpha value is -3.13. The van der Waals surface area contributed by atoms with E-state index in [4.69, 9.17) is 21.5 Å². The van der Waals surface area contributed by atoms with Crippen LogP contribution in [0, 0.1) is 22.7 Å². The molecule has 238 valence electrons. The molecule has 3 fully saturated rings. The van der Waals surface area contributed by atoms with Gasteiger partial charge in [0.15, 0.2) is 21.9 Å². The number of fused-ring (bicyclic) bond motifs is 1. The van der Waals surface area contributed by atoms with Crippen molar-refractivity contribution in [3.63, 3.8) is 0 Å². The van der Waals surface area contributed by atoms with Crippen LogP contribution in [0.15, 0.2) is 18.3 Å². The normalized spacial score (nSPS) is 23.8. The fraction of sp³-hybridized carbons (Fsp3) is 0.594. The van der Waals surface area contributed by atoms with Crippen molar-refractivity contribution in [2.75, 3.05) is 30.0 Å². The van der Waals surface area contributed by atoms with Gasteiger partial charge < -0.3 is 21.3 Å². The van der Waals surface area contributed by atoms with E-state index in [1.54, 1.807) is 6.07 Å². The smallest absolute Gasteiger partial charge is 0.247 e. The third-order valence-corrected chi connectivity index (χ3v) is 12.0. The molecule has 6 rings (SSSR count).